The summed E-state index contributed by atoms with van der Waals surface area (Å²) in [7, 11) is -0.0970. The Morgan fingerprint density at radius 1 is 0.875 bits per heavy atom. The molecule has 3 aromatic carbocycles. The molecule has 8 heteroatoms. The molecule has 32 heavy (non-hydrogen) atoms. The van der Waals surface area contributed by atoms with Crippen LogP contribution in [0.1, 0.15) is 0 Å². The van der Waals surface area contributed by atoms with E-state index in [0.717, 1.165) is 22.5 Å². The van der Waals surface area contributed by atoms with Crippen LogP contribution in [-0.4, -0.2) is 38.7 Å². The summed E-state index contributed by atoms with van der Waals surface area (Å²) in [5, 5.41) is 5.45. The summed E-state index contributed by atoms with van der Waals surface area (Å²) in [5.74, 6) is 1.33. The van der Waals surface area contributed by atoms with Crippen LogP contribution in [0.5, 0.6) is 11.5 Å². The number of hydrogen-bond acceptors (Lipinski definition) is 5. The molecule has 0 spiro atoms. The van der Waals surface area contributed by atoms with Gasteiger partial charge >= 0.3 is 0 Å². The largest absolute Gasteiger partial charge is 0.497 e. The monoisotopic (exact) mass is 468 g/mol. The molecule has 4 aromatic rings. The van der Waals surface area contributed by atoms with Crippen LogP contribution < -0.4 is 9.47 Å². The minimum atomic E-state index is -3.30. The SMILES string of the molecule is COc1ccc(OC)c(-c2cc(-c3ccc(Cl)cc3)nn2-c2ccc(S(C)(=O)=O)cc2)c1. The number of sulfone groups is 1. The fourth-order valence-electron chi connectivity index (χ4n) is 3.38. The Morgan fingerprint density at radius 3 is 2.16 bits per heavy atom. The topological polar surface area (TPSA) is 70.4 Å². The van der Waals surface area contributed by atoms with E-state index >= 15 is 0 Å². The minimum Gasteiger partial charge on any atom is -0.497 e. The van der Waals surface area contributed by atoms with Crippen molar-refractivity contribution in [3.05, 3.63) is 77.8 Å². The van der Waals surface area contributed by atoms with E-state index < -0.39 is 9.84 Å². The Hall–Kier alpha value is -3.29. The second-order valence-electron chi connectivity index (χ2n) is 7.17. The Balaban J connectivity index is 1.93. The van der Waals surface area contributed by atoms with E-state index in [1.807, 2.05) is 48.5 Å². The van der Waals surface area contributed by atoms with Crippen LogP contribution in [0.3, 0.4) is 0 Å². The van der Waals surface area contributed by atoms with Crippen molar-refractivity contribution in [3.63, 3.8) is 0 Å². The Kier molecular flexibility index (Phi) is 5.95. The van der Waals surface area contributed by atoms with Crippen molar-refractivity contribution in [1.29, 1.82) is 0 Å². The molecular formula is C24H21ClN2O4S. The summed E-state index contributed by atoms with van der Waals surface area (Å²) in [6.45, 7) is 0. The highest BCUT2D eigenvalue weighted by atomic mass is 35.5. The zero-order valence-electron chi connectivity index (χ0n) is 17.7. The van der Waals surface area contributed by atoms with Gasteiger partial charge in [0.1, 0.15) is 11.5 Å². The van der Waals surface area contributed by atoms with Gasteiger partial charge in [0.05, 0.1) is 36.2 Å². The number of hydrogen-bond donors (Lipinski definition) is 0. The van der Waals surface area contributed by atoms with Crippen LogP contribution in [0, 0.1) is 0 Å². The van der Waals surface area contributed by atoms with Gasteiger partial charge in [0.25, 0.3) is 0 Å². The van der Waals surface area contributed by atoms with Gasteiger partial charge in [-0.25, -0.2) is 13.1 Å². The summed E-state index contributed by atoms with van der Waals surface area (Å²) in [4.78, 5) is 0.242. The van der Waals surface area contributed by atoms with Crippen LogP contribution in [0.25, 0.3) is 28.2 Å². The molecular weight excluding hydrogens is 448 g/mol. The highest BCUT2D eigenvalue weighted by molar-refractivity contribution is 7.90. The predicted molar refractivity (Wildman–Crippen MR) is 126 cm³/mol. The maximum atomic E-state index is 11.9. The Bertz CT molecular complexity index is 1360. The maximum absolute atomic E-state index is 11.9. The number of rotatable bonds is 6. The van der Waals surface area contributed by atoms with Gasteiger partial charge in [-0.15, -0.1) is 0 Å². The standard InChI is InChI=1S/C24H21ClN2O4S/c1-30-19-10-13-24(31-2)21(14-19)23-15-22(16-4-6-17(25)7-5-16)26-27(23)18-8-11-20(12-9-18)32(3,28)29/h4-15H,1-3H3. The molecule has 0 amide bonds. The van der Waals surface area contributed by atoms with Crippen LogP contribution in [-0.2, 0) is 9.84 Å². The lowest BCUT2D eigenvalue weighted by molar-refractivity contribution is 0.404. The fourth-order valence-corrected chi connectivity index (χ4v) is 4.14. The Morgan fingerprint density at radius 2 is 1.56 bits per heavy atom. The van der Waals surface area contributed by atoms with Crippen LogP contribution >= 0.6 is 11.6 Å². The smallest absolute Gasteiger partial charge is 0.175 e. The first-order valence-corrected chi connectivity index (χ1v) is 12.0. The molecule has 4 rings (SSSR count). The third kappa shape index (κ3) is 4.35. The molecule has 0 aliphatic carbocycles. The number of methoxy groups -OCH3 is 2. The third-order valence-electron chi connectivity index (χ3n) is 5.04. The van der Waals surface area contributed by atoms with E-state index in [2.05, 4.69) is 0 Å². The van der Waals surface area contributed by atoms with Crippen molar-refractivity contribution in [1.82, 2.24) is 9.78 Å². The normalized spacial score (nSPS) is 11.4. The highest BCUT2D eigenvalue weighted by Gasteiger charge is 2.18. The summed E-state index contributed by atoms with van der Waals surface area (Å²) in [6.07, 6.45) is 1.18. The predicted octanol–water partition coefficient (Wildman–Crippen LogP) is 5.28. The third-order valence-corrected chi connectivity index (χ3v) is 6.42. The maximum Gasteiger partial charge on any atom is 0.175 e. The number of aromatic nitrogens is 2. The van der Waals surface area contributed by atoms with Gasteiger partial charge < -0.3 is 9.47 Å². The quantitative estimate of drug-likeness (QED) is 0.385. The molecule has 0 fully saturated rings. The molecule has 0 aliphatic rings. The zero-order valence-corrected chi connectivity index (χ0v) is 19.3. The van der Waals surface area contributed by atoms with Crippen molar-refractivity contribution >= 4 is 21.4 Å². The molecule has 0 saturated heterocycles. The number of halogens is 1. The molecule has 0 radical (unpaired) electrons. The van der Waals surface area contributed by atoms with Gasteiger partial charge in [0.2, 0.25) is 0 Å². The molecule has 6 nitrogen and oxygen atoms in total. The summed E-state index contributed by atoms with van der Waals surface area (Å²) in [6, 6.07) is 21.5. The van der Waals surface area contributed by atoms with E-state index in [-0.39, 0.29) is 4.90 Å². The lowest BCUT2D eigenvalue weighted by Crippen LogP contribution is -2.02. The highest BCUT2D eigenvalue weighted by Crippen LogP contribution is 2.37. The number of nitrogens with zero attached hydrogens (tertiary/aromatic N) is 2. The molecule has 1 heterocycles. The van der Waals surface area contributed by atoms with E-state index in [9.17, 15) is 8.42 Å². The van der Waals surface area contributed by atoms with Gasteiger partial charge in [-0.05, 0) is 60.7 Å². The molecule has 164 valence electrons. The summed E-state index contributed by atoms with van der Waals surface area (Å²) >= 11 is 6.05. The van der Waals surface area contributed by atoms with E-state index in [0.29, 0.717) is 22.2 Å². The van der Waals surface area contributed by atoms with Crippen LogP contribution in [0.2, 0.25) is 5.02 Å². The summed E-state index contributed by atoms with van der Waals surface area (Å²) < 4.78 is 36.5. The van der Waals surface area contributed by atoms with Gasteiger partial charge in [0.15, 0.2) is 9.84 Å². The van der Waals surface area contributed by atoms with E-state index in [1.165, 1.54) is 6.26 Å². The van der Waals surface area contributed by atoms with E-state index in [4.69, 9.17) is 26.2 Å². The first-order chi connectivity index (χ1) is 15.3. The first kappa shape index (κ1) is 21.9. The van der Waals surface area contributed by atoms with Crippen molar-refractivity contribution in [2.45, 2.75) is 4.90 Å². The molecule has 0 bridgehead atoms. The van der Waals surface area contributed by atoms with Crippen LogP contribution in [0.4, 0.5) is 0 Å². The fraction of sp³-hybridized carbons (Fsp3) is 0.125. The van der Waals surface area contributed by atoms with Crippen molar-refractivity contribution < 1.29 is 17.9 Å². The average Bonchev–Trinajstić information content (AvgIpc) is 3.24. The molecule has 0 unspecified atom stereocenters. The summed E-state index contributed by atoms with van der Waals surface area (Å²) in [5.41, 5.74) is 3.87. The van der Waals surface area contributed by atoms with Crippen molar-refractivity contribution in [3.8, 4) is 39.7 Å². The average molecular weight is 469 g/mol. The zero-order chi connectivity index (χ0) is 22.9. The van der Waals surface area contributed by atoms with Crippen molar-refractivity contribution in [2.24, 2.45) is 0 Å². The van der Waals surface area contributed by atoms with Gasteiger partial charge in [-0.2, -0.15) is 5.10 Å². The number of ether oxygens (including phenoxy) is 2. The second kappa shape index (κ2) is 8.68. The minimum absolute atomic E-state index is 0.242. The Labute approximate surface area is 191 Å². The van der Waals surface area contributed by atoms with Crippen LogP contribution in [0.15, 0.2) is 77.7 Å². The molecule has 1 aromatic heterocycles. The first-order valence-electron chi connectivity index (χ1n) is 9.69. The lowest BCUT2D eigenvalue weighted by Gasteiger charge is -2.13. The van der Waals surface area contributed by atoms with E-state index in [1.54, 1.807) is 43.2 Å². The van der Waals surface area contributed by atoms with Gasteiger partial charge in [-0.3, -0.25) is 0 Å². The molecule has 0 saturated carbocycles. The van der Waals surface area contributed by atoms with Gasteiger partial charge in [-0.1, -0.05) is 23.7 Å². The van der Waals surface area contributed by atoms with Crippen molar-refractivity contribution in [2.75, 3.05) is 20.5 Å². The molecule has 0 N–H and O–H groups in total. The molecule has 0 atom stereocenters. The molecule has 0 aliphatic heterocycles. The van der Waals surface area contributed by atoms with Gasteiger partial charge in [0, 0.05) is 22.4 Å². The number of benzene rings is 3. The lowest BCUT2D eigenvalue weighted by atomic mass is 10.1. The second-order valence-corrected chi connectivity index (χ2v) is 9.62.